The first kappa shape index (κ1) is 14.9. The van der Waals surface area contributed by atoms with Crippen LogP contribution in [0, 0.1) is 15.9 Å². The topological polar surface area (TPSA) is 108 Å². The lowest BCUT2D eigenvalue weighted by molar-refractivity contribution is -0.385. The Morgan fingerprint density at radius 1 is 1.52 bits per heavy atom. The molecule has 0 atom stereocenters. The summed E-state index contributed by atoms with van der Waals surface area (Å²) in [6.45, 7) is 1.77. The number of rotatable bonds is 5. The molecule has 0 aliphatic heterocycles. The van der Waals surface area contributed by atoms with Crippen molar-refractivity contribution in [2.75, 3.05) is 6.61 Å². The van der Waals surface area contributed by atoms with Gasteiger partial charge in [0.2, 0.25) is 0 Å². The molecule has 0 aliphatic carbocycles. The third-order valence-corrected chi connectivity index (χ3v) is 3.07. The number of nitro groups is 1. The second-order valence-corrected chi connectivity index (χ2v) is 4.56. The van der Waals surface area contributed by atoms with E-state index >= 15 is 0 Å². The van der Waals surface area contributed by atoms with Gasteiger partial charge in [-0.25, -0.2) is 9.18 Å². The van der Waals surface area contributed by atoms with Crippen molar-refractivity contribution in [3.8, 4) is 0 Å². The lowest BCUT2D eigenvalue weighted by Gasteiger charge is -1.99. The summed E-state index contributed by atoms with van der Waals surface area (Å²) in [6.07, 6.45) is 0. The standard InChI is InChI=1S/C11H8FN3O5S/c1-2-19-10(16)9-13-14-11(20-9)21-8-4-3-6(15(17)18)5-7(8)12/h3-5H,2H2,1H3. The molecule has 0 N–H and O–H groups in total. The van der Waals surface area contributed by atoms with E-state index in [2.05, 4.69) is 14.9 Å². The quantitative estimate of drug-likeness (QED) is 0.470. The number of nitrogens with zero attached hydrogens (tertiary/aromatic N) is 3. The van der Waals surface area contributed by atoms with Crippen molar-refractivity contribution in [2.24, 2.45) is 0 Å². The molecule has 0 unspecified atom stereocenters. The van der Waals surface area contributed by atoms with Gasteiger partial charge in [0.05, 0.1) is 22.5 Å². The van der Waals surface area contributed by atoms with Crippen molar-refractivity contribution in [1.29, 1.82) is 0 Å². The minimum atomic E-state index is -0.801. The number of esters is 1. The Morgan fingerprint density at radius 3 is 2.90 bits per heavy atom. The largest absolute Gasteiger partial charge is 0.459 e. The highest BCUT2D eigenvalue weighted by molar-refractivity contribution is 7.99. The first-order valence-corrected chi connectivity index (χ1v) is 6.45. The molecule has 0 saturated carbocycles. The van der Waals surface area contributed by atoms with E-state index in [-0.39, 0.29) is 28.3 Å². The summed E-state index contributed by atoms with van der Waals surface area (Å²) in [6, 6.07) is 3.14. The van der Waals surface area contributed by atoms with Crippen molar-refractivity contribution in [2.45, 2.75) is 17.0 Å². The first-order valence-electron chi connectivity index (χ1n) is 5.63. The van der Waals surface area contributed by atoms with Gasteiger partial charge in [0.1, 0.15) is 5.82 Å². The Balaban J connectivity index is 2.15. The van der Waals surface area contributed by atoms with Crippen LogP contribution in [0.2, 0.25) is 0 Å². The van der Waals surface area contributed by atoms with Crippen molar-refractivity contribution < 1.29 is 23.3 Å². The number of carbonyl (C=O) groups excluding carboxylic acids is 1. The molecule has 8 nitrogen and oxygen atoms in total. The van der Waals surface area contributed by atoms with Crippen molar-refractivity contribution in [3.05, 3.63) is 40.0 Å². The van der Waals surface area contributed by atoms with Crippen LogP contribution in [0.1, 0.15) is 17.6 Å². The number of hydrogen-bond acceptors (Lipinski definition) is 8. The van der Waals surface area contributed by atoms with Crippen LogP contribution < -0.4 is 0 Å². The van der Waals surface area contributed by atoms with Gasteiger partial charge < -0.3 is 9.15 Å². The van der Waals surface area contributed by atoms with Crippen LogP contribution in [0.25, 0.3) is 0 Å². The smallest absolute Gasteiger partial charge is 0.396 e. The number of halogens is 1. The molecule has 0 aliphatic rings. The molecular formula is C11H8FN3O5S. The van der Waals surface area contributed by atoms with E-state index in [0.717, 1.165) is 23.9 Å². The highest BCUT2D eigenvalue weighted by Gasteiger charge is 2.18. The van der Waals surface area contributed by atoms with E-state index in [1.807, 2.05) is 0 Å². The average molecular weight is 313 g/mol. The molecule has 0 radical (unpaired) electrons. The summed E-state index contributed by atoms with van der Waals surface area (Å²) in [5, 5.41) is 17.4. The van der Waals surface area contributed by atoms with Crippen LogP contribution in [-0.4, -0.2) is 27.7 Å². The summed E-state index contributed by atoms with van der Waals surface area (Å²) in [4.78, 5) is 21.2. The van der Waals surface area contributed by atoms with Crippen molar-refractivity contribution in [1.82, 2.24) is 10.2 Å². The molecule has 1 aromatic carbocycles. The number of nitro benzene ring substituents is 1. The predicted octanol–water partition coefficient (Wildman–Crippen LogP) is 2.44. The van der Waals surface area contributed by atoms with E-state index < -0.39 is 16.7 Å². The first-order chi connectivity index (χ1) is 10.0. The van der Waals surface area contributed by atoms with Gasteiger partial charge in [-0.15, -0.1) is 5.10 Å². The summed E-state index contributed by atoms with van der Waals surface area (Å²) < 4.78 is 23.3. The molecule has 2 aromatic rings. The fourth-order valence-electron chi connectivity index (χ4n) is 1.31. The van der Waals surface area contributed by atoms with Gasteiger partial charge in [-0.05, 0) is 24.8 Å². The van der Waals surface area contributed by atoms with E-state index in [1.165, 1.54) is 6.07 Å². The number of carbonyl (C=O) groups is 1. The minimum absolute atomic E-state index is 0.0552. The maximum Gasteiger partial charge on any atom is 0.396 e. The molecule has 0 saturated heterocycles. The highest BCUT2D eigenvalue weighted by atomic mass is 32.2. The summed E-state index contributed by atoms with van der Waals surface area (Å²) in [5.74, 6) is -1.92. The zero-order chi connectivity index (χ0) is 15.4. The maximum atomic E-state index is 13.7. The van der Waals surface area contributed by atoms with Gasteiger partial charge in [0.15, 0.2) is 0 Å². The van der Waals surface area contributed by atoms with Gasteiger partial charge >= 0.3 is 11.9 Å². The number of benzene rings is 1. The SMILES string of the molecule is CCOC(=O)c1nnc(Sc2ccc([N+](=O)[O-])cc2F)o1. The minimum Gasteiger partial charge on any atom is -0.459 e. The van der Waals surface area contributed by atoms with Gasteiger partial charge in [0.25, 0.3) is 10.9 Å². The number of aromatic nitrogens is 2. The fraction of sp³-hybridized carbons (Fsp3) is 0.182. The van der Waals surface area contributed by atoms with E-state index in [1.54, 1.807) is 6.92 Å². The Labute approximate surface area is 121 Å². The molecule has 21 heavy (non-hydrogen) atoms. The van der Waals surface area contributed by atoms with E-state index in [4.69, 9.17) is 4.42 Å². The molecule has 110 valence electrons. The Hall–Kier alpha value is -2.49. The monoisotopic (exact) mass is 313 g/mol. The molecule has 1 heterocycles. The second kappa shape index (κ2) is 6.31. The normalized spacial score (nSPS) is 10.4. The Kier molecular flexibility index (Phi) is 4.48. The summed E-state index contributed by atoms with van der Waals surface area (Å²) in [5.41, 5.74) is -0.366. The third-order valence-electron chi connectivity index (χ3n) is 2.18. The molecule has 0 spiro atoms. The third kappa shape index (κ3) is 3.54. The predicted molar refractivity (Wildman–Crippen MR) is 67.4 cm³/mol. The Morgan fingerprint density at radius 2 is 2.29 bits per heavy atom. The fourth-order valence-corrected chi connectivity index (χ4v) is 1.99. The number of non-ortho nitro benzene ring substituents is 1. The molecule has 0 bridgehead atoms. The maximum absolute atomic E-state index is 13.7. The van der Waals surface area contributed by atoms with Crippen LogP contribution in [0.15, 0.2) is 32.7 Å². The van der Waals surface area contributed by atoms with Crippen LogP contribution in [0.3, 0.4) is 0 Å². The second-order valence-electron chi connectivity index (χ2n) is 3.57. The van der Waals surface area contributed by atoms with Gasteiger partial charge in [0, 0.05) is 6.07 Å². The molecular weight excluding hydrogens is 305 g/mol. The molecule has 1 aromatic heterocycles. The van der Waals surface area contributed by atoms with E-state index in [9.17, 15) is 19.3 Å². The molecule has 2 rings (SSSR count). The van der Waals surface area contributed by atoms with Crippen molar-refractivity contribution in [3.63, 3.8) is 0 Å². The molecule has 0 fully saturated rings. The highest BCUT2D eigenvalue weighted by Crippen LogP contribution is 2.30. The molecule has 0 amide bonds. The van der Waals surface area contributed by atoms with Crippen LogP contribution in [0.4, 0.5) is 10.1 Å². The average Bonchev–Trinajstić information content (AvgIpc) is 2.90. The van der Waals surface area contributed by atoms with E-state index in [0.29, 0.717) is 0 Å². The summed E-state index contributed by atoms with van der Waals surface area (Å²) >= 11 is 0.745. The van der Waals surface area contributed by atoms with Gasteiger partial charge in [-0.2, -0.15) is 0 Å². The zero-order valence-electron chi connectivity index (χ0n) is 10.6. The van der Waals surface area contributed by atoms with Crippen LogP contribution in [-0.2, 0) is 4.74 Å². The number of ether oxygens (including phenoxy) is 1. The lowest BCUT2D eigenvalue weighted by Crippen LogP contribution is -2.04. The lowest BCUT2D eigenvalue weighted by atomic mass is 10.3. The van der Waals surface area contributed by atoms with Crippen molar-refractivity contribution >= 4 is 23.4 Å². The van der Waals surface area contributed by atoms with Gasteiger partial charge in [-0.3, -0.25) is 10.1 Å². The van der Waals surface area contributed by atoms with Gasteiger partial charge in [-0.1, -0.05) is 5.10 Å². The summed E-state index contributed by atoms with van der Waals surface area (Å²) in [7, 11) is 0. The van der Waals surface area contributed by atoms with Crippen LogP contribution in [0.5, 0.6) is 0 Å². The van der Waals surface area contributed by atoms with Crippen LogP contribution >= 0.6 is 11.8 Å². The zero-order valence-corrected chi connectivity index (χ0v) is 11.4. The number of hydrogen-bond donors (Lipinski definition) is 0. The molecule has 10 heteroatoms. The Bertz CT molecular complexity index is 690.